The van der Waals surface area contributed by atoms with Crippen molar-refractivity contribution in [1.82, 2.24) is 14.6 Å². The predicted octanol–water partition coefficient (Wildman–Crippen LogP) is -2.52. The van der Waals surface area contributed by atoms with Gasteiger partial charge in [-0.3, -0.25) is 14.1 Å². The normalized spacial score (nSPS) is 19.5. The third kappa shape index (κ3) is 4.95. The van der Waals surface area contributed by atoms with Gasteiger partial charge in [-0.1, -0.05) is 0 Å². The van der Waals surface area contributed by atoms with Gasteiger partial charge >= 0.3 is 16.3 Å². The number of rotatable bonds is 8. The van der Waals surface area contributed by atoms with Crippen LogP contribution in [0.3, 0.4) is 0 Å². The molecular weight excluding hydrogens is 562 g/mol. The number of nitrogens with one attached hydrogen (secondary N) is 2. The lowest BCUT2D eigenvalue weighted by Gasteiger charge is -2.42. The number of fused-ring (bicyclic) bond motifs is 1. The fourth-order valence-corrected chi connectivity index (χ4v) is 5.52. The molecule has 2 amide bonds. The molecule has 2 aliphatic rings. The Morgan fingerprint density at radius 1 is 1.33 bits per heavy atom. The molecule has 17 nitrogen and oxygen atoms in total. The van der Waals surface area contributed by atoms with Crippen LogP contribution >= 0.6 is 11.3 Å². The van der Waals surface area contributed by atoms with E-state index in [1.165, 1.54) is 12.3 Å². The Hall–Kier alpha value is -4.30. The van der Waals surface area contributed by atoms with Crippen molar-refractivity contribution < 1.29 is 47.5 Å². The molecule has 10 N–H and O–H groups in total. The molecule has 1 saturated heterocycles. The largest absolute Gasteiger partial charge is 0.504 e. The quantitative estimate of drug-likeness (QED) is 0.0523. The van der Waals surface area contributed by atoms with Gasteiger partial charge in [-0.2, -0.15) is 8.42 Å². The highest BCUT2D eigenvalue weighted by Gasteiger charge is 2.51. The SMILES string of the molecule is CC1C(NC(=O)C(c2csc(N)n2)=c2c(O)c(O)cc3c2=NC(CCON)=C(C(=O)O)N3)C(=O)N1S(=O)(=O)O. The van der Waals surface area contributed by atoms with Crippen LogP contribution in [0.25, 0.3) is 5.57 Å². The molecule has 1 aromatic carbocycles. The zero-order valence-electron chi connectivity index (χ0n) is 19.8. The average molecular weight is 584 g/mol. The molecule has 39 heavy (non-hydrogen) atoms. The number of anilines is 2. The number of nitrogens with zero attached hydrogens (tertiary/aromatic N) is 3. The van der Waals surface area contributed by atoms with Crippen LogP contribution in [0.15, 0.2) is 27.8 Å². The first-order valence-electron chi connectivity index (χ1n) is 10.8. The number of phenols is 2. The van der Waals surface area contributed by atoms with Crippen LogP contribution in [0, 0.1) is 0 Å². The van der Waals surface area contributed by atoms with Crippen molar-refractivity contribution in [3.05, 3.63) is 39.1 Å². The van der Waals surface area contributed by atoms with Crippen LogP contribution in [0.5, 0.6) is 11.5 Å². The lowest BCUT2D eigenvalue weighted by atomic mass is 9.99. The first kappa shape index (κ1) is 27.7. The highest BCUT2D eigenvalue weighted by Crippen LogP contribution is 2.29. The minimum absolute atomic E-state index is 0.0124. The number of hydrogen-bond donors (Lipinski definition) is 8. The highest BCUT2D eigenvalue weighted by molar-refractivity contribution is 7.84. The molecule has 4 rings (SSSR count). The van der Waals surface area contributed by atoms with E-state index in [2.05, 4.69) is 25.4 Å². The number of aromatic nitrogens is 1. The van der Waals surface area contributed by atoms with Gasteiger partial charge in [0.15, 0.2) is 16.6 Å². The Labute approximate surface area is 222 Å². The summed E-state index contributed by atoms with van der Waals surface area (Å²) in [7, 11) is -4.87. The Morgan fingerprint density at radius 2 is 2.03 bits per heavy atom. The lowest BCUT2D eigenvalue weighted by molar-refractivity contribution is -0.144. The molecule has 0 saturated carbocycles. The zero-order chi connectivity index (χ0) is 28.8. The number of aliphatic carboxylic acids is 1. The maximum absolute atomic E-state index is 13.6. The molecule has 1 fully saturated rings. The molecule has 2 unspecified atom stereocenters. The summed E-state index contributed by atoms with van der Waals surface area (Å²) in [5.74, 6) is -0.118. The summed E-state index contributed by atoms with van der Waals surface area (Å²) in [4.78, 5) is 50.6. The maximum atomic E-state index is 13.6. The Kier molecular flexibility index (Phi) is 7.19. The minimum Gasteiger partial charge on any atom is -0.504 e. The second-order valence-corrected chi connectivity index (χ2v) is 10.4. The number of phenolic OH excluding ortho intramolecular Hbond substituents is 2. The number of β-lactam (4-membered cyclic amide) rings is 1. The second-order valence-electron chi connectivity index (χ2n) is 8.25. The highest BCUT2D eigenvalue weighted by atomic mass is 32.2. The summed E-state index contributed by atoms with van der Waals surface area (Å²) in [5, 5.41) is 36.6. The maximum Gasteiger partial charge on any atom is 0.362 e. The fraction of sp³-hybridized carbons (Fsp3) is 0.250. The number of carboxylic acids is 1. The van der Waals surface area contributed by atoms with E-state index in [1.54, 1.807) is 0 Å². The van der Waals surface area contributed by atoms with E-state index < -0.39 is 62.5 Å². The second kappa shape index (κ2) is 10.1. The van der Waals surface area contributed by atoms with Crippen molar-refractivity contribution in [2.75, 3.05) is 17.7 Å². The topological polar surface area (TPSA) is 280 Å². The number of benzene rings is 1. The number of carbonyl (C=O) groups is 3. The summed E-state index contributed by atoms with van der Waals surface area (Å²) in [6.45, 7) is 1.12. The number of thiazole rings is 1. The van der Waals surface area contributed by atoms with E-state index in [0.29, 0.717) is 0 Å². The van der Waals surface area contributed by atoms with E-state index in [9.17, 15) is 42.7 Å². The summed E-state index contributed by atoms with van der Waals surface area (Å²) in [6, 6.07) is -1.57. The van der Waals surface area contributed by atoms with Crippen molar-refractivity contribution in [2.45, 2.75) is 25.4 Å². The summed E-state index contributed by atoms with van der Waals surface area (Å²) in [6.07, 6.45) is -0.101. The van der Waals surface area contributed by atoms with Gasteiger partial charge in [0, 0.05) is 17.9 Å². The number of aromatic hydroxyl groups is 2. The van der Waals surface area contributed by atoms with Crippen LogP contribution in [0.2, 0.25) is 0 Å². The first-order chi connectivity index (χ1) is 18.3. The standard InChI is InChI=1S/C20H21N7O10S2/c1-6-13(18(31)27(6)39(34,35)36)26-17(30)11(9-5-38-20(21)25-9)12-14-8(4-10(28)16(12)29)24-15(19(32)33)7(23-14)2-3-37-22/h4-6,13,24,28-29H,2-3,22H2,1H3,(H2,21,25)(H,26,30)(H,32,33)(H,34,35,36). The smallest absolute Gasteiger partial charge is 0.362 e. The molecule has 0 bridgehead atoms. The molecule has 3 heterocycles. The van der Waals surface area contributed by atoms with Crippen LogP contribution in [0.1, 0.15) is 19.0 Å². The Bertz CT molecular complexity index is 1670. The number of carbonyl (C=O) groups excluding carboxylic acids is 2. The van der Waals surface area contributed by atoms with Crippen LogP contribution in [-0.4, -0.2) is 74.1 Å². The van der Waals surface area contributed by atoms with Gasteiger partial charge in [0.25, 0.3) is 11.8 Å². The third-order valence-electron chi connectivity index (χ3n) is 5.84. The average Bonchev–Trinajstić information content (AvgIpc) is 3.28. The summed E-state index contributed by atoms with van der Waals surface area (Å²) < 4.78 is 32.3. The number of amides is 2. The fourth-order valence-electron chi connectivity index (χ4n) is 4.08. The molecule has 19 heteroatoms. The van der Waals surface area contributed by atoms with E-state index in [-0.39, 0.29) is 50.6 Å². The van der Waals surface area contributed by atoms with Crippen molar-refractivity contribution in [3.63, 3.8) is 0 Å². The van der Waals surface area contributed by atoms with E-state index in [0.717, 1.165) is 17.4 Å². The van der Waals surface area contributed by atoms with Gasteiger partial charge in [-0.05, 0) is 6.92 Å². The van der Waals surface area contributed by atoms with Gasteiger partial charge in [-0.15, -0.1) is 11.3 Å². The molecule has 0 radical (unpaired) electrons. The summed E-state index contributed by atoms with van der Waals surface area (Å²) in [5.41, 5.74) is 4.64. The molecule has 2 atom stereocenters. The van der Waals surface area contributed by atoms with Gasteiger partial charge in [0.1, 0.15) is 11.7 Å². The van der Waals surface area contributed by atoms with Gasteiger partial charge in [0.05, 0.1) is 45.9 Å². The Morgan fingerprint density at radius 3 is 2.56 bits per heavy atom. The van der Waals surface area contributed by atoms with Crippen molar-refractivity contribution in [2.24, 2.45) is 10.9 Å². The number of hydrogen-bond acceptors (Lipinski definition) is 14. The van der Waals surface area contributed by atoms with E-state index >= 15 is 0 Å². The third-order valence-corrected chi connectivity index (χ3v) is 7.53. The monoisotopic (exact) mass is 583 g/mol. The molecule has 2 aromatic rings. The van der Waals surface area contributed by atoms with Crippen LogP contribution in [0.4, 0.5) is 10.8 Å². The van der Waals surface area contributed by atoms with Crippen LogP contribution in [-0.2, 0) is 29.5 Å². The molecular formula is C20H21N7O10S2. The molecule has 2 aliphatic heterocycles. The van der Waals surface area contributed by atoms with Gasteiger partial charge in [-0.25, -0.2) is 25.0 Å². The first-order valence-corrected chi connectivity index (χ1v) is 13.1. The predicted molar refractivity (Wildman–Crippen MR) is 132 cm³/mol. The van der Waals surface area contributed by atoms with Crippen molar-refractivity contribution in [1.29, 1.82) is 0 Å². The summed E-state index contributed by atoms with van der Waals surface area (Å²) >= 11 is 0.922. The number of nitrogen functional groups attached to an aromatic ring is 1. The van der Waals surface area contributed by atoms with Gasteiger partial charge in [0.2, 0.25) is 0 Å². The molecule has 208 valence electrons. The lowest BCUT2D eigenvalue weighted by Crippen LogP contribution is -2.70. The van der Waals surface area contributed by atoms with E-state index in [1.807, 2.05) is 0 Å². The molecule has 0 spiro atoms. The molecule has 1 aromatic heterocycles. The minimum atomic E-state index is -4.87. The Balaban J connectivity index is 1.97. The molecule has 0 aliphatic carbocycles. The number of nitrogens with two attached hydrogens (primary N) is 2. The zero-order valence-corrected chi connectivity index (χ0v) is 21.4. The van der Waals surface area contributed by atoms with Gasteiger partial charge < -0.3 is 36.5 Å². The number of carboxylic acid groups (broad SMARTS) is 1. The van der Waals surface area contributed by atoms with Crippen molar-refractivity contribution >= 4 is 55.8 Å². The van der Waals surface area contributed by atoms with Crippen LogP contribution < -0.4 is 32.8 Å². The van der Waals surface area contributed by atoms with E-state index in [4.69, 9.17) is 11.6 Å². The van der Waals surface area contributed by atoms with Crippen molar-refractivity contribution in [3.8, 4) is 11.5 Å².